The lowest BCUT2D eigenvalue weighted by Gasteiger charge is -2.09. The summed E-state index contributed by atoms with van der Waals surface area (Å²) in [5, 5.41) is 3.63. The van der Waals surface area contributed by atoms with Crippen LogP contribution in [0, 0.1) is 0 Å². The van der Waals surface area contributed by atoms with E-state index < -0.39 is 12.0 Å². The minimum Gasteiger partial charge on any atom is -0.493 e. The highest BCUT2D eigenvalue weighted by Crippen LogP contribution is 2.36. The van der Waals surface area contributed by atoms with Gasteiger partial charge in [-0.2, -0.15) is 0 Å². The topological polar surface area (TPSA) is 91.7 Å². The lowest BCUT2D eigenvalue weighted by atomic mass is 10.1. The van der Waals surface area contributed by atoms with Crippen molar-refractivity contribution in [2.45, 2.75) is 6.92 Å². The predicted molar refractivity (Wildman–Crippen MR) is 125 cm³/mol. The molecule has 0 fully saturated rings. The van der Waals surface area contributed by atoms with Crippen LogP contribution in [0.25, 0.3) is 22.2 Å². The van der Waals surface area contributed by atoms with Crippen molar-refractivity contribution < 1.29 is 23.8 Å². The summed E-state index contributed by atoms with van der Waals surface area (Å²) in [5.41, 5.74) is 2.99. The van der Waals surface area contributed by atoms with Crippen LogP contribution >= 0.6 is 0 Å². The third kappa shape index (κ3) is 4.36. The van der Waals surface area contributed by atoms with Crippen molar-refractivity contribution in [1.82, 2.24) is 9.55 Å². The average molecular weight is 445 g/mol. The Morgan fingerprint density at radius 1 is 1.00 bits per heavy atom. The quantitative estimate of drug-likeness (QED) is 0.421. The molecule has 1 amide bonds. The highest BCUT2D eigenvalue weighted by atomic mass is 16.5. The van der Waals surface area contributed by atoms with Gasteiger partial charge in [-0.05, 0) is 55.0 Å². The van der Waals surface area contributed by atoms with Gasteiger partial charge >= 0.3 is 12.0 Å². The van der Waals surface area contributed by atoms with E-state index in [1.54, 1.807) is 57.8 Å². The summed E-state index contributed by atoms with van der Waals surface area (Å²) in [4.78, 5) is 29.6. The summed E-state index contributed by atoms with van der Waals surface area (Å²) >= 11 is 0. The number of amides is 1. The molecule has 2 aromatic carbocycles. The molecule has 168 valence electrons. The van der Waals surface area contributed by atoms with Gasteiger partial charge in [-0.25, -0.2) is 14.6 Å². The number of benzene rings is 2. The average Bonchev–Trinajstić information content (AvgIpc) is 3.24. The normalized spacial score (nSPS) is 10.6. The first kappa shape index (κ1) is 21.9. The summed E-state index contributed by atoms with van der Waals surface area (Å²) < 4.78 is 17.2. The number of hydrogen-bond donors (Lipinski definition) is 1. The van der Waals surface area contributed by atoms with Crippen LogP contribution in [-0.4, -0.2) is 42.4 Å². The van der Waals surface area contributed by atoms with E-state index in [4.69, 9.17) is 14.2 Å². The van der Waals surface area contributed by atoms with Gasteiger partial charge in [0.15, 0.2) is 11.5 Å². The Hall–Kier alpha value is -4.33. The minimum absolute atomic E-state index is 0.273. The van der Waals surface area contributed by atoms with Gasteiger partial charge in [0, 0.05) is 29.0 Å². The van der Waals surface area contributed by atoms with Gasteiger partial charge in [0.05, 0.1) is 26.4 Å². The molecule has 0 aliphatic heterocycles. The van der Waals surface area contributed by atoms with Crippen molar-refractivity contribution in [2.75, 3.05) is 26.1 Å². The van der Waals surface area contributed by atoms with Crippen molar-refractivity contribution in [1.29, 1.82) is 0 Å². The first-order valence-corrected chi connectivity index (χ1v) is 10.3. The molecule has 0 bridgehead atoms. The minimum atomic E-state index is -0.447. The molecule has 8 nitrogen and oxygen atoms in total. The summed E-state index contributed by atoms with van der Waals surface area (Å²) in [7, 11) is 3.15. The number of anilines is 1. The predicted octanol–water partition coefficient (Wildman–Crippen LogP) is 4.98. The van der Waals surface area contributed by atoms with E-state index in [0.29, 0.717) is 28.4 Å². The van der Waals surface area contributed by atoms with E-state index in [-0.39, 0.29) is 6.61 Å². The Kier molecular flexibility index (Phi) is 6.26. The van der Waals surface area contributed by atoms with Crippen molar-refractivity contribution >= 4 is 28.7 Å². The number of methoxy groups -OCH3 is 2. The van der Waals surface area contributed by atoms with Crippen molar-refractivity contribution in [3.05, 3.63) is 72.6 Å². The van der Waals surface area contributed by atoms with Crippen LogP contribution < -0.4 is 14.8 Å². The number of rotatable bonds is 6. The van der Waals surface area contributed by atoms with Crippen molar-refractivity contribution in [2.24, 2.45) is 0 Å². The number of nitrogens with one attached hydrogen (secondary N) is 1. The lowest BCUT2D eigenvalue weighted by Crippen LogP contribution is -2.19. The van der Waals surface area contributed by atoms with Crippen LogP contribution in [-0.2, 0) is 4.74 Å². The molecule has 0 radical (unpaired) electrons. The molecule has 0 atom stereocenters. The largest absolute Gasteiger partial charge is 0.493 e. The Bertz CT molecular complexity index is 1330. The Morgan fingerprint density at radius 3 is 2.58 bits per heavy atom. The smallest absolute Gasteiger partial charge is 0.338 e. The Morgan fingerprint density at radius 2 is 1.82 bits per heavy atom. The van der Waals surface area contributed by atoms with Crippen LogP contribution in [0.4, 0.5) is 10.5 Å². The maximum atomic E-state index is 13.2. The molecule has 0 unspecified atom stereocenters. The standard InChI is InChI=1S/C25H23N3O5/c1-4-33-24(29)17-7-5-8-18(13-17)27-25(30)28-15-20(19-9-6-12-26-23(19)28)16-10-11-21(31-2)22(14-16)32-3/h5-15H,4H2,1-3H3,(H,27,30). The maximum absolute atomic E-state index is 13.2. The molecule has 4 rings (SSSR count). The molecule has 1 N–H and O–H groups in total. The Labute approximate surface area is 190 Å². The first-order valence-electron chi connectivity index (χ1n) is 10.3. The molecule has 2 aromatic heterocycles. The van der Waals surface area contributed by atoms with E-state index in [9.17, 15) is 9.59 Å². The van der Waals surface area contributed by atoms with E-state index >= 15 is 0 Å². The number of ether oxygens (including phenoxy) is 3. The van der Waals surface area contributed by atoms with Crippen molar-refractivity contribution in [3.8, 4) is 22.6 Å². The van der Waals surface area contributed by atoms with Crippen LogP contribution in [0.15, 0.2) is 67.0 Å². The molecule has 4 aromatic rings. The van der Waals surface area contributed by atoms with Gasteiger partial charge in [0.1, 0.15) is 5.65 Å². The Balaban J connectivity index is 1.71. The monoisotopic (exact) mass is 445 g/mol. The van der Waals surface area contributed by atoms with Gasteiger partial charge in [0.25, 0.3) is 0 Å². The maximum Gasteiger partial charge on any atom is 0.338 e. The van der Waals surface area contributed by atoms with Gasteiger partial charge in [0.2, 0.25) is 0 Å². The summed E-state index contributed by atoms with van der Waals surface area (Å²) in [6, 6.07) is 15.5. The fraction of sp³-hybridized carbons (Fsp3) is 0.160. The summed E-state index contributed by atoms with van der Waals surface area (Å²) in [6.07, 6.45) is 3.36. The molecule has 0 aliphatic carbocycles. The van der Waals surface area contributed by atoms with E-state index in [1.807, 2.05) is 30.3 Å². The molecular weight excluding hydrogens is 422 g/mol. The third-order valence-corrected chi connectivity index (χ3v) is 5.10. The number of aromatic nitrogens is 2. The fourth-order valence-electron chi connectivity index (χ4n) is 3.57. The lowest BCUT2D eigenvalue weighted by molar-refractivity contribution is 0.0526. The third-order valence-electron chi connectivity index (χ3n) is 5.10. The summed E-state index contributed by atoms with van der Waals surface area (Å²) in [5.74, 6) is 0.750. The van der Waals surface area contributed by atoms with Crippen LogP contribution in [0.5, 0.6) is 11.5 Å². The van der Waals surface area contributed by atoms with Gasteiger partial charge in [-0.3, -0.25) is 4.57 Å². The number of esters is 1. The molecule has 8 heteroatoms. The highest BCUT2D eigenvalue weighted by molar-refractivity contribution is 6.03. The zero-order valence-corrected chi connectivity index (χ0v) is 18.5. The number of nitrogens with zero attached hydrogens (tertiary/aromatic N) is 2. The second-order valence-electron chi connectivity index (χ2n) is 7.09. The molecule has 0 aliphatic rings. The molecule has 0 spiro atoms. The van der Waals surface area contributed by atoms with Crippen LogP contribution in [0.3, 0.4) is 0 Å². The molecule has 0 saturated heterocycles. The van der Waals surface area contributed by atoms with Crippen molar-refractivity contribution in [3.63, 3.8) is 0 Å². The number of fused-ring (bicyclic) bond motifs is 1. The SMILES string of the molecule is CCOC(=O)c1cccc(NC(=O)n2cc(-c3ccc(OC)c(OC)c3)c3cccnc32)c1. The highest BCUT2D eigenvalue weighted by Gasteiger charge is 2.18. The van der Waals surface area contributed by atoms with E-state index in [0.717, 1.165) is 16.5 Å². The number of carbonyl (C=O) groups is 2. The molecule has 33 heavy (non-hydrogen) atoms. The van der Waals surface area contributed by atoms with Gasteiger partial charge < -0.3 is 19.5 Å². The van der Waals surface area contributed by atoms with Gasteiger partial charge in [-0.1, -0.05) is 12.1 Å². The van der Waals surface area contributed by atoms with Gasteiger partial charge in [-0.15, -0.1) is 0 Å². The zero-order chi connectivity index (χ0) is 23.4. The van der Waals surface area contributed by atoms with E-state index in [1.165, 1.54) is 4.57 Å². The van der Waals surface area contributed by atoms with Crippen LogP contribution in [0.1, 0.15) is 17.3 Å². The molecular formula is C25H23N3O5. The fourth-order valence-corrected chi connectivity index (χ4v) is 3.57. The second-order valence-corrected chi connectivity index (χ2v) is 7.09. The first-order chi connectivity index (χ1) is 16.0. The zero-order valence-electron chi connectivity index (χ0n) is 18.5. The summed E-state index contributed by atoms with van der Waals surface area (Å²) in [6.45, 7) is 2.01. The number of carbonyl (C=O) groups excluding carboxylic acids is 2. The molecule has 0 saturated carbocycles. The number of pyridine rings is 1. The van der Waals surface area contributed by atoms with E-state index in [2.05, 4.69) is 10.3 Å². The second kappa shape index (κ2) is 9.44. The molecule has 2 heterocycles. The van der Waals surface area contributed by atoms with Crippen LogP contribution in [0.2, 0.25) is 0 Å². The number of hydrogen-bond acceptors (Lipinski definition) is 6.